The molecule has 0 aliphatic heterocycles. The zero-order valence-electron chi connectivity index (χ0n) is 15.7. The zero-order valence-corrected chi connectivity index (χ0v) is 15.7. The van der Waals surface area contributed by atoms with Gasteiger partial charge in [0.1, 0.15) is 11.6 Å². The van der Waals surface area contributed by atoms with Crippen LogP contribution < -0.4 is 15.5 Å². The predicted molar refractivity (Wildman–Crippen MR) is 104 cm³/mol. The van der Waals surface area contributed by atoms with Crippen molar-refractivity contribution in [3.05, 3.63) is 53.3 Å². The van der Waals surface area contributed by atoms with Crippen LogP contribution in [-0.2, 0) is 11.3 Å². The van der Waals surface area contributed by atoms with E-state index in [0.717, 1.165) is 0 Å². The minimum absolute atomic E-state index is 0.0292. The van der Waals surface area contributed by atoms with Crippen LogP contribution in [0.2, 0.25) is 0 Å². The third-order valence-electron chi connectivity index (χ3n) is 4.13. The second kappa shape index (κ2) is 9.02. The first-order valence-corrected chi connectivity index (χ1v) is 8.77. The molecule has 2 amide bonds. The van der Waals surface area contributed by atoms with Gasteiger partial charge in [0.2, 0.25) is 5.91 Å². The van der Waals surface area contributed by atoms with E-state index in [-0.39, 0.29) is 29.6 Å². The Bertz CT molecular complexity index is 835. The van der Waals surface area contributed by atoms with Gasteiger partial charge in [0.05, 0.1) is 11.3 Å². The van der Waals surface area contributed by atoms with E-state index in [9.17, 15) is 19.1 Å². The summed E-state index contributed by atoms with van der Waals surface area (Å²) in [6.45, 7) is 6.78. The van der Waals surface area contributed by atoms with Gasteiger partial charge in [-0.2, -0.15) is 0 Å². The smallest absolute Gasteiger partial charge is 0.255 e. The molecule has 0 spiro atoms. The van der Waals surface area contributed by atoms with Gasteiger partial charge in [0.15, 0.2) is 0 Å². The van der Waals surface area contributed by atoms with E-state index >= 15 is 0 Å². The molecule has 0 saturated heterocycles. The Balaban J connectivity index is 2.09. The van der Waals surface area contributed by atoms with Crippen LogP contribution >= 0.6 is 0 Å². The lowest BCUT2D eigenvalue weighted by Gasteiger charge is -2.22. The van der Waals surface area contributed by atoms with E-state index in [4.69, 9.17) is 0 Å². The topological polar surface area (TPSA) is 81.7 Å². The predicted octanol–water partition coefficient (Wildman–Crippen LogP) is 3.27. The van der Waals surface area contributed by atoms with Crippen molar-refractivity contribution >= 4 is 23.2 Å². The van der Waals surface area contributed by atoms with Gasteiger partial charge in [-0.1, -0.05) is 6.07 Å². The molecule has 0 aliphatic rings. The molecular formula is C20H24FN3O3. The third-order valence-corrected chi connectivity index (χ3v) is 4.13. The standard InChI is InChI=1S/C20H24FN3O3/c1-4-24(5-2)18-8-6-14(10-17(18)21)12-22-20(27)16-11-15(23-13(3)25)7-9-19(16)26/h6-11,26H,4-5,12H2,1-3H3,(H,22,27)(H,23,25). The first-order valence-electron chi connectivity index (χ1n) is 8.77. The van der Waals surface area contributed by atoms with Crippen LogP contribution in [0.15, 0.2) is 36.4 Å². The number of carbonyl (C=O) groups excluding carboxylic acids is 2. The van der Waals surface area contributed by atoms with E-state index < -0.39 is 5.91 Å². The van der Waals surface area contributed by atoms with Crippen molar-refractivity contribution in [1.82, 2.24) is 5.32 Å². The molecule has 2 rings (SSSR count). The highest BCUT2D eigenvalue weighted by Gasteiger charge is 2.14. The maximum Gasteiger partial charge on any atom is 0.255 e. The van der Waals surface area contributed by atoms with Gasteiger partial charge >= 0.3 is 0 Å². The summed E-state index contributed by atoms with van der Waals surface area (Å²) in [4.78, 5) is 25.4. The van der Waals surface area contributed by atoms with Crippen LogP contribution in [0.1, 0.15) is 36.7 Å². The van der Waals surface area contributed by atoms with Gasteiger partial charge in [-0.25, -0.2) is 4.39 Å². The summed E-state index contributed by atoms with van der Waals surface area (Å²) in [5.74, 6) is -1.35. The minimum Gasteiger partial charge on any atom is -0.507 e. The van der Waals surface area contributed by atoms with Crippen molar-refractivity contribution in [3.63, 3.8) is 0 Å². The SMILES string of the molecule is CCN(CC)c1ccc(CNC(=O)c2cc(NC(C)=O)ccc2O)cc1F. The Kier molecular flexibility index (Phi) is 6.76. The fourth-order valence-corrected chi connectivity index (χ4v) is 2.76. The molecule has 0 fully saturated rings. The first-order chi connectivity index (χ1) is 12.8. The molecule has 0 saturated carbocycles. The van der Waals surface area contributed by atoms with Gasteiger partial charge in [0, 0.05) is 32.2 Å². The van der Waals surface area contributed by atoms with Crippen LogP contribution in [0, 0.1) is 5.82 Å². The molecule has 0 unspecified atom stereocenters. The Labute approximate surface area is 158 Å². The van der Waals surface area contributed by atoms with E-state index in [0.29, 0.717) is 30.0 Å². The molecule has 0 radical (unpaired) electrons. The highest BCUT2D eigenvalue weighted by Crippen LogP contribution is 2.23. The number of aromatic hydroxyl groups is 1. The molecular weight excluding hydrogens is 349 g/mol. The summed E-state index contributed by atoms with van der Waals surface area (Å²) >= 11 is 0. The fraction of sp³-hybridized carbons (Fsp3) is 0.300. The molecule has 0 heterocycles. The number of hydrogen-bond acceptors (Lipinski definition) is 4. The molecule has 0 atom stereocenters. The largest absolute Gasteiger partial charge is 0.507 e. The minimum atomic E-state index is -0.520. The van der Waals surface area contributed by atoms with Crippen LogP contribution in [0.4, 0.5) is 15.8 Å². The number of hydrogen-bond donors (Lipinski definition) is 3. The maximum absolute atomic E-state index is 14.3. The number of amides is 2. The summed E-state index contributed by atoms with van der Waals surface area (Å²) < 4.78 is 14.3. The second-order valence-corrected chi connectivity index (χ2v) is 6.05. The fourth-order valence-electron chi connectivity index (χ4n) is 2.76. The molecule has 2 aromatic carbocycles. The number of anilines is 2. The van der Waals surface area contributed by atoms with Crippen molar-refractivity contribution in [1.29, 1.82) is 0 Å². The monoisotopic (exact) mass is 373 g/mol. The molecule has 3 N–H and O–H groups in total. The summed E-state index contributed by atoms with van der Waals surface area (Å²) in [6.07, 6.45) is 0. The van der Waals surface area contributed by atoms with Gasteiger partial charge in [-0.15, -0.1) is 0 Å². The van der Waals surface area contributed by atoms with Crippen LogP contribution in [0.3, 0.4) is 0 Å². The van der Waals surface area contributed by atoms with Gasteiger partial charge in [0.25, 0.3) is 5.91 Å². The summed E-state index contributed by atoms with van der Waals surface area (Å²) in [7, 11) is 0. The van der Waals surface area contributed by atoms with Crippen LogP contribution in [0.25, 0.3) is 0 Å². The van der Waals surface area contributed by atoms with E-state index in [1.165, 1.54) is 31.2 Å². The number of halogens is 1. The third kappa shape index (κ3) is 5.20. The lowest BCUT2D eigenvalue weighted by atomic mass is 10.1. The maximum atomic E-state index is 14.3. The van der Waals surface area contributed by atoms with Crippen molar-refractivity contribution in [3.8, 4) is 5.75 Å². The molecule has 0 bridgehead atoms. The van der Waals surface area contributed by atoms with Crippen molar-refractivity contribution in [2.75, 3.05) is 23.3 Å². The molecule has 144 valence electrons. The normalized spacial score (nSPS) is 10.4. The summed E-state index contributed by atoms with van der Waals surface area (Å²) in [6, 6.07) is 9.05. The van der Waals surface area contributed by atoms with Gasteiger partial charge in [-0.05, 0) is 49.7 Å². The number of nitrogens with one attached hydrogen (secondary N) is 2. The number of phenolic OH excluding ortho intramolecular Hbond substituents is 1. The van der Waals surface area contributed by atoms with Crippen molar-refractivity contribution < 1.29 is 19.1 Å². The lowest BCUT2D eigenvalue weighted by Crippen LogP contribution is -2.24. The van der Waals surface area contributed by atoms with E-state index in [1.807, 2.05) is 18.7 Å². The number of phenols is 1. The van der Waals surface area contributed by atoms with Crippen LogP contribution in [-0.4, -0.2) is 30.0 Å². The average Bonchev–Trinajstić information content (AvgIpc) is 2.63. The molecule has 2 aromatic rings. The van der Waals surface area contributed by atoms with Gasteiger partial charge < -0.3 is 20.6 Å². The Morgan fingerprint density at radius 2 is 1.81 bits per heavy atom. The van der Waals surface area contributed by atoms with Gasteiger partial charge in [-0.3, -0.25) is 9.59 Å². The molecule has 0 aliphatic carbocycles. The second-order valence-electron chi connectivity index (χ2n) is 6.05. The first kappa shape index (κ1) is 20.2. The van der Waals surface area contributed by atoms with Crippen molar-refractivity contribution in [2.45, 2.75) is 27.3 Å². The van der Waals surface area contributed by atoms with Crippen LogP contribution in [0.5, 0.6) is 5.75 Å². The molecule has 7 heteroatoms. The molecule has 6 nitrogen and oxygen atoms in total. The highest BCUT2D eigenvalue weighted by molar-refractivity contribution is 5.99. The number of rotatable bonds is 7. The Hall–Kier alpha value is -3.09. The number of carbonyl (C=O) groups is 2. The molecule has 0 aromatic heterocycles. The highest BCUT2D eigenvalue weighted by atomic mass is 19.1. The molecule has 27 heavy (non-hydrogen) atoms. The quantitative estimate of drug-likeness (QED) is 0.651. The van der Waals surface area contributed by atoms with E-state index in [1.54, 1.807) is 12.1 Å². The average molecular weight is 373 g/mol. The Morgan fingerprint density at radius 3 is 2.41 bits per heavy atom. The van der Waals surface area contributed by atoms with Crippen molar-refractivity contribution in [2.24, 2.45) is 0 Å². The summed E-state index contributed by atoms with van der Waals surface area (Å²) in [5.41, 5.74) is 1.56. The number of nitrogens with zero attached hydrogens (tertiary/aromatic N) is 1. The van der Waals surface area contributed by atoms with E-state index in [2.05, 4.69) is 10.6 Å². The summed E-state index contributed by atoms with van der Waals surface area (Å²) in [5, 5.41) is 15.1. The lowest BCUT2D eigenvalue weighted by molar-refractivity contribution is -0.114. The zero-order chi connectivity index (χ0) is 20.0. The Morgan fingerprint density at radius 1 is 1.11 bits per heavy atom. The number of benzene rings is 2.